The minimum absolute atomic E-state index is 0.712. The van der Waals surface area contributed by atoms with Crippen molar-refractivity contribution in [3.8, 4) is 34.2 Å². The lowest BCUT2D eigenvalue weighted by Gasteiger charge is -2.10. The fourth-order valence-electron chi connectivity index (χ4n) is 3.87. The predicted octanol–water partition coefficient (Wildman–Crippen LogP) is 5.92. The summed E-state index contributed by atoms with van der Waals surface area (Å²) in [5.41, 5.74) is 6.98. The van der Waals surface area contributed by atoms with Crippen LogP contribution in [0.1, 0.15) is 12.5 Å². The highest BCUT2D eigenvalue weighted by atomic mass is 16.5. The molecule has 4 nitrogen and oxygen atoms in total. The molecule has 0 saturated heterocycles. The quantitative estimate of drug-likeness (QED) is 0.467. The van der Waals surface area contributed by atoms with Gasteiger partial charge in [0, 0.05) is 30.2 Å². The lowest BCUT2D eigenvalue weighted by Crippen LogP contribution is -1.98. The Kier molecular flexibility index (Phi) is 4.97. The van der Waals surface area contributed by atoms with E-state index in [9.17, 15) is 5.26 Å². The molecule has 0 aliphatic heterocycles. The van der Waals surface area contributed by atoms with Crippen LogP contribution in [0, 0.1) is 11.3 Å². The Morgan fingerprint density at radius 3 is 2.34 bits per heavy atom. The van der Waals surface area contributed by atoms with Crippen LogP contribution in [0.3, 0.4) is 0 Å². The molecule has 0 atom stereocenters. The van der Waals surface area contributed by atoms with Gasteiger partial charge in [-0.2, -0.15) is 5.26 Å². The SMILES string of the molecule is CCn1c(-c2ccc(NC)cc2)c(C#N)c2cc(-c3cccc(OC)c3)ccc21. The summed E-state index contributed by atoms with van der Waals surface area (Å²) in [7, 11) is 3.57. The van der Waals surface area contributed by atoms with Crippen molar-refractivity contribution in [1.29, 1.82) is 5.26 Å². The molecule has 0 bridgehead atoms. The number of nitrogens with zero attached hydrogens (tertiary/aromatic N) is 2. The molecule has 29 heavy (non-hydrogen) atoms. The van der Waals surface area contributed by atoms with Crippen molar-refractivity contribution in [2.24, 2.45) is 0 Å². The molecule has 1 aromatic heterocycles. The van der Waals surface area contributed by atoms with E-state index in [0.29, 0.717) is 5.56 Å². The van der Waals surface area contributed by atoms with Crippen LogP contribution in [0.25, 0.3) is 33.3 Å². The first-order valence-electron chi connectivity index (χ1n) is 9.69. The predicted molar refractivity (Wildman–Crippen MR) is 119 cm³/mol. The molecule has 0 radical (unpaired) electrons. The summed E-state index contributed by atoms with van der Waals surface area (Å²) in [6, 6.07) is 25.0. The number of benzene rings is 3. The van der Waals surface area contributed by atoms with Crippen molar-refractivity contribution in [3.05, 3.63) is 72.3 Å². The van der Waals surface area contributed by atoms with Gasteiger partial charge >= 0.3 is 0 Å². The Bertz CT molecular complexity index is 1210. The summed E-state index contributed by atoms with van der Waals surface area (Å²) in [4.78, 5) is 0. The summed E-state index contributed by atoms with van der Waals surface area (Å²) in [6.07, 6.45) is 0. The van der Waals surface area contributed by atoms with Crippen LogP contribution < -0.4 is 10.1 Å². The van der Waals surface area contributed by atoms with Gasteiger partial charge in [0.2, 0.25) is 0 Å². The Balaban J connectivity index is 1.94. The third-order valence-electron chi connectivity index (χ3n) is 5.34. The highest BCUT2D eigenvalue weighted by Gasteiger charge is 2.18. The Morgan fingerprint density at radius 2 is 1.69 bits per heavy atom. The van der Waals surface area contributed by atoms with E-state index in [1.165, 1.54) is 0 Å². The van der Waals surface area contributed by atoms with Crippen LogP contribution in [-0.4, -0.2) is 18.7 Å². The zero-order valence-electron chi connectivity index (χ0n) is 16.9. The number of fused-ring (bicyclic) bond motifs is 1. The molecule has 4 rings (SSSR count). The van der Waals surface area contributed by atoms with E-state index in [-0.39, 0.29) is 0 Å². The first-order chi connectivity index (χ1) is 14.2. The topological polar surface area (TPSA) is 50.0 Å². The van der Waals surface area contributed by atoms with Crippen molar-refractivity contribution in [2.45, 2.75) is 13.5 Å². The lowest BCUT2D eigenvalue weighted by atomic mass is 10.0. The molecular formula is C25H23N3O. The maximum absolute atomic E-state index is 10.0. The summed E-state index contributed by atoms with van der Waals surface area (Å²) in [5, 5.41) is 14.2. The highest BCUT2D eigenvalue weighted by Crippen LogP contribution is 2.36. The molecule has 0 aliphatic carbocycles. The lowest BCUT2D eigenvalue weighted by molar-refractivity contribution is 0.415. The molecule has 0 saturated carbocycles. The van der Waals surface area contributed by atoms with Gasteiger partial charge < -0.3 is 14.6 Å². The number of nitrogens with one attached hydrogen (secondary N) is 1. The molecule has 0 unspecified atom stereocenters. The van der Waals surface area contributed by atoms with Gasteiger partial charge in [0.15, 0.2) is 0 Å². The molecule has 0 fully saturated rings. The van der Waals surface area contributed by atoms with Crippen molar-refractivity contribution < 1.29 is 4.74 Å². The third kappa shape index (κ3) is 3.21. The number of ether oxygens (including phenoxy) is 1. The number of methoxy groups -OCH3 is 1. The fourth-order valence-corrected chi connectivity index (χ4v) is 3.87. The van der Waals surface area contributed by atoms with Crippen molar-refractivity contribution in [1.82, 2.24) is 4.57 Å². The average molecular weight is 381 g/mol. The highest BCUT2D eigenvalue weighted by molar-refractivity contribution is 5.97. The summed E-state index contributed by atoms with van der Waals surface area (Å²) in [5.74, 6) is 0.819. The zero-order valence-corrected chi connectivity index (χ0v) is 16.9. The molecule has 4 aromatic rings. The monoisotopic (exact) mass is 381 g/mol. The third-order valence-corrected chi connectivity index (χ3v) is 5.34. The maximum Gasteiger partial charge on any atom is 0.119 e. The molecule has 144 valence electrons. The summed E-state index contributed by atoms with van der Waals surface area (Å²) >= 11 is 0. The molecule has 3 aromatic carbocycles. The molecule has 0 aliphatic rings. The van der Waals surface area contributed by atoms with Crippen molar-refractivity contribution >= 4 is 16.6 Å². The van der Waals surface area contributed by atoms with Gasteiger partial charge in [0.1, 0.15) is 11.8 Å². The molecule has 4 heteroatoms. The van der Waals surface area contributed by atoms with Gasteiger partial charge in [-0.05, 0) is 60.0 Å². The van der Waals surface area contributed by atoms with Gasteiger partial charge in [-0.25, -0.2) is 0 Å². The van der Waals surface area contributed by atoms with Crippen LogP contribution in [-0.2, 0) is 6.54 Å². The molecule has 1 N–H and O–H groups in total. The number of aryl methyl sites for hydroxylation is 1. The second-order valence-corrected chi connectivity index (χ2v) is 6.87. The van der Waals surface area contributed by atoms with E-state index >= 15 is 0 Å². The Hall–Kier alpha value is -3.71. The minimum atomic E-state index is 0.712. The summed E-state index contributed by atoms with van der Waals surface area (Å²) in [6.45, 7) is 2.90. The van der Waals surface area contributed by atoms with Gasteiger partial charge in [-0.15, -0.1) is 0 Å². The van der Waals surface area contributed by atoms with E-state index in [2.05, 4.69) is 59.3 Å². The molecular weight excluding hydrogens is 358 g/mol. The molecule has 0 amide bonds. The van der Waals surface area contributed by atoms with E-state index in [0.717, 1.165) is 51.3 Å². The number of anilines is 1. The number of hydrogen-bond donors (Lipinski definition) is 1. The van der Waals surface area contributed by atoms with Gasteiger partial charge in [0.25, 0.3) is 0 Å². The minimum Gasteiger partial charge on any atom is -0.497 e. The smallest absolute Gasteiger partial charge is 0.119 e. The van der Waals surface area contributed by atoms with Gasteiger partial charge in [-0.3, -0.25) is 0 Å². The van der Waals surface area contributed by atoms with E-state index in [1.54, 1.807) is 7.11 Å². The van der Waals surface area contributed by atoms with Crippen LogP contribution in [0.15, 0.2) is 66.7 Å². The average Bonchev–Trinajstić information content (AvgIpc) is 3.11. The second kappa shape index (κ2) is 7.73. The Morgan fingerprint density at radius 1 is 0.966 bits per heavy atom. The Labute approximate surface area is 171 Å². The van der Waals surface area contributed by atoms with E-state index in [1.807, 2.05) is 37.4 Å². The first kappa shape index (κ1) is 18.6. The zero-order chi connectivity index (χ0) is 20.4. The normalized spacial score (nSPS) is 10.7. The van der Waals surface area contributed by atoms with Crippen LogP contribution in [0.2, 0.25) is 0 Å². The number of aromatic nitrogens is 1. The standard InChI is InChI=1S/C25H23N3O/c1-4-28-24-13-10-19(18-6-5-7-21(14-18)29-3)15-22(24)23(16-26)25(28)17-8-11-20(27-2)12-9-17/h5-15,27H,4H2,1-3H3. The number of rotatable bonds is 5. The molecule has 1 heterocycles. The van der Waals surface area contributed by atoms with Crippen molar-refractivity contribution in [2.75, 3.05) is 19.5 Å². The van der Waals surface area contributed by atoms with Crippen LogP contribution >= 0.6 is 0 Å². The van der Waals surface area contributed by atoms with Gasteiger partial charge in [0.05, 0.1) is 18.4 Å². The van der Waals surface area contributed by atoms with E-state index in [4.69, 9.17) is 4.74 Å². The summed E-state index contributed by atoms with van der Waals surface area (Å²) < 4.78 is 7.58. The first-order valence-corrected chi connectivity index (χ1v) is 9.69. The second-order valence-electron chi connectivity index (χ2n) is 6.87. The maximum atomic E-state index is 10.0. The van der Waals surface area contributed by atoms with Crippen LogP contribution in [0.5, 0.6) is 5.75 Å². The number of nitriles is 1. The molecule has 0 spiro atoms. The number of hydrogen-bond acceptors (Lipinski definition) is 3. The van der Waals surface area contributed by atoms with Crippen molar-refractivity contribution in [3.63, 3.8) is 0 Å². The van der Waals surface area contributed by atoms with Gasteiger partial charge in [-0.1, -0.05) is 30.3 Å². The van der Waals surface area contributed by atoms with Crippen LogP contribution in [0.4, 0.5) is 5.69 Å². The fraction of sp³-hybridized carbons (Fsp3) is 0.160. The van der Waals surface area contributed by atoms with E-state index < -0.39 is 0 Å². The largest absolute Gasteiger partial charge is 0.497 e.